The molecule has 1 aromatic heterocycles. The maximum absolute atomic E-state index is 14.3. The number of carbonyl (C=O) groups excluding carboxylic acids is 1. The molecule has 0 aliphatic carbocycles. The van der Waals surface area contributed by atoms with E-state index in [0.29, 0.717) is 28.6 Å². The highest BCUT2D eigenvalue weighted by Gasteiger charge is 2.25. The number of rotatable bonds is 8. The summed E-state index contributed by atoms with van der Waals surface area (Å²) in [6, 6.07) is 28.9. The first-order chi connectivity index (χ1) is 23.9. The van der Waals surface area contributed by atoms with Crippen molar-refractivity contribution in [3.05, 3.63) is 124 Å². The summed E-state index contributed by atoms with van der Waals surface area (Å²) in [6.07, 6.45) is 3.56. The van der Waals surface area contributed by atoms with Crippen LogP contribution in [0.2, 0.25) is 0 Å². The summed E-state index contributed by atoms with van der Waals surface area (Å²) in [5.41, 5.74) is 13.8. The average Bonchev–Trinajstić information content (AvgIpc) is 3.11. The first-order valence-corrected chi connectivity index (χ1v) is 17.1. The summed E-state index contributed by atoms with van der Waals surface area (Å²) >= 11 is 0. The lowest BCUT2D eigenvalue weighted by molar-refractivity contribution is 0.0999. The molecule has 1 aliphatic heterocycles. The number of hydrogen-bond donors (Lipinski definition) is 3. The zero-order chi connectivity index (χ0) is 35.6. The number of nitrogens with two attached hydrogens (primary N) is 1. The summed E-state index contributed by atoms with van der Waals surface area (Å²) in [4.78, 5) is 36.4. The summed E-state index contributed by atoms with van der Waals surface area (Å²) in [6.45, 7) is 10.3. The molecule has 1 amide bonds. The van der Waals surface area contributed by atoms with Gasteiger partial charge in [-0.15, -0.1) is 0 Å². The van der Waals surface area contributed by atoms with Crippen molar-refractivity contribution < 1.29 is 9.90 Å². The van der Waals surface area contributed by atoms with E-state index in [-0.39, 0.29) is 29.3 Å². The third kappa shape index (κ3) is 7.14. The van der Waals surface area contributed by atoms with Crippen LogP contribution in [-0.2, 0) is 12.5 Å². The highest BCUT2D eigenvalue weighted by Crippen LogP contribution is 2.36. The van der Waals surface area contributed by atoms with Crippen LogP contribution in [0.25, 0.3) is 11.3 Å². The highest BCUT2D eigenvalue weighted by atomic mass is 16.3. The van der Waals surface area contributed by atoms with Crippen LogP contribution in [0.4, 0.5) is 34.3 Å². The van der Waals surface area contributed by atoms with E-state index < -0.39 is 0 Å². The Kier molecular flexibility index (Phi) is 9.79. The maximum Gasteiger partial charge on any atom is 0.293 e. The van der Waals surface area contributed by atoms with Crippen LogP contribution in [0, 0.1) is 12.8 Å². The number of carbonyl (C=O) groups is 1. The van der Waals surface area contributed by atoms with Gasteiger partial charge in [-0.1, -0.05) is 63.2 Å². The molecule has 9 heteroatoms. The SMILES string of the molecule is Cc1c(-c2cn(C)c(=O)c(Nc3ccc(N4CCC(CO)CC4)c(N)c3)n2)cccc1N(C(=O)c1ccc(C(C)(C)C)cc1)c1ccccc1. The van der Waals surface area contributed by atoms with Gasteiger partial charge in [0.1, 0.15) is 0 Å². The molecule has 1 saturated heterocycles. The molecule has 5 aromatic rings. The number of aliphatic hydroxyl groups excluding tert-OH is 1. The number of hydrogen-bond acceptors (Lipinski definition) is 7. The molecule has 50 heavy (non-hydrogen) atoms. The number of anilines is 6. The van der Waals surface area contributed by atoms with Gasteiger partial charge in [-0.2, -0.15) is 0 Å². The van der Waals surface area contributed by atoms with Crippen molar-refractivity contribution in [2.75, 3.05) is 40.5 Å². The topological polar surface area (TPSA) is 117 Å². The van der Waals surface area contributed by atoms with E-state index in [2.05, 4.69) is 31.0 Å². The fourth-order valence-corrected chi connectivity index (χ4v) is 6.56. The summed E-state index contributed by atoms with van der Waals surface area (Å²) in [5.74, 6) is 0.354. The number of aliphatic hydroxyl groups is 1. The Morgan fingerprint density at radius 1 is 0.980 bits per heavy atom. The van der Waals surface area contributed by atoms with Gasteiger partial charge in [0, 0.05) is 55.4 Å². The second-order valence-electron chi connectivity index (χ2n) is 14.2. The number of para-hydroxylation sites is 1. The lowest BCUT2D eigenvalue weighted by Crippen LogP contribution is -2.35. The molecule has 2 heterocycles. The number of aryl methyl sites for hydroxylation is 1. The molecule has 0 atom stereocenters. The molecule has 4 aromatic carbocycles. The van der Waals surface area contributed by atoms with Crippen LogP contribution in [0.3, 0.4) is 0 Å². The van der Waals surface area contributed by atoms with Crippen molar-refractivity contribution >= 4 is 40.2 Å². The van der Waals surface area contributed by atoms with Gasteiger partial charge < -0.3 is 25.6 Å². The zero-order valence-corrected chi connectivity index (χ0v) is 29.5. The monoisotopic (exact) mass is 670 g/mol. The minimum atomic E-state index is -0.281. The maximum atomic E-state index is 14.3. The number of benzene rings is 4. The number of amides is 1. The molecule has 0 radical (unpaired) electrons. The molecule has 0 bridgehead atoms. The molecule has 0 saturated carbocycles. The fourth-order valence-electron chi connectivity index (χ4n) is 6.56. The normalized spacial score (nSPS) is 13.7. The molecule has 1 fully saturated rings. The van der Waals surface area contributed by atoms with Gasteiger partial charge in [0.25, 0.3) is 11.5 Å². The van der Waals surface area contributed by atoms with E-state index in [0.717, 1.165) is 59.7 Å². The number of aromatic nitrogens is 2. The van der Waals surface area contributed by atoms with Crippen LogP contribution in [0.1, 0.15) is 55.1 Å². The Morgan fingerprint density at radius 2 is 1.68 bits per heavy atom. The van der Waals surface area contributed by atoms with E-state index in [4.69, 9.17) is 10.7 Å². The van der Waals surface area contributed by atoms with Crippen molar-refractivity contribution in [1.29, 1.82) is 0 Å². The molecular weight excluding hydrogens is 624 g/mol. The summed E-state index contributed by atoms with van der Waals surface area (Å²) in [5, 5.41) is 12.7. The van der Waals surface area contributed by atoms with E-state index in [1.165, 1.54) is 4.57 Å². The Labute approximate surface area is 294 Å². The van der Waals surface area contributed by atoms with Crippen molar-refractivity contribution in [3.8, 4) is 11.3 Å². The molecule has 1 aliphatic rings. The van der Waals surface area contributed by atoms with Gasteiger partial charge in [-0.25, -0.2) is 4.98 Å². The average molecular weight is 671 g/mol. The van der Waals surface area contributed by atoms with Gasteiger partial charge in [0.15, 0.2) is 5.82 Å². The minimum Gasteiger partial charge on any atom is -0.397 e. The molecule has 0 spiro atoms. The third-order valence-electron chi connectivity index (χ3n) is 9.61. The second kappa shape index (κ2) is 14.2. The molecule has 9 nitrogen and oxygen atoms in total. The number of piperidine rings is 1. The van der Waals surface area contributed by atoms with Crippen molar-refractivity contribution in [3.63, 3.8) is 0 Å². The molecule has 4 N–H and O–H groups in total. The Morgan fingerprint density at radius 3 is 2.32 bits per heavy atom. The van der Waals surface area contributed by atoms with Gasteiger partial charge in [-0.05, 0) is 90.8 Å². The Balaban J connectivity index is 1.33. The van der Waals surface area contributed by atoms with E-state index >= 15 is 0 Å². The van der Waals surface area contributed by atoms with E-state index in [1.54, 1.807) is 18.1 Å². The van der Waals surface area contributed by atoms with Crippen LogP contribution >= 0.6 is 0 Å². The number of nitrogen functional groups attached to an aromatic ring is 1. The molecular formula is C41H46N6O3. The summed E-state index contributed by atoms with van der Waals surface area (Å²) in [7, 11) is 1.70. The second-order valence-corrected chi connectivity index (χ2v) is 14.2. The molecule has 6 rings (SSSR count). The lowest BCUT2D eigenvalue weighted by atomic mass is 9.86. The van der Waals surface area contributed by atoms with Gasteiger partial charge in [-0.3, -0.25) is 14.5 Å². The number of nitrogens with zero attached hydrogens (tertiary/aromatic N) is 4. The first kappa shape index (κ1) is 34.5. The van der Waals surface area contributed by atoms with Crippen molar-refractivity contribution in [2.24, 2.45) is 13.0 Å². The predicted molar refractivity (Wildman–Crippen MR) is 204 cm³/mol. The third-order valence-corrected chi connectivity index (χ3v) is 9.61. The van der Waals surface area contributed by atoms with Crippen LogP contribution in [0.5, 0.6) is 0 Å². The quantitative estimate of drug-likeness (QED) is 0.146. The van der Waals surface area contributed by atoms with Crippen LogP contribution < -0.4 is 26.4 Å². The fraction of sp³-hybridized carbons (Fsp3) is 0.293. The van der Waals surface area contributed by atoms with E-state index in [1.807, 2.05) is 97.9 Å². The van der Waals surface area contributed by atoms with Crippen molar-refractivity contribution in [1.82, 2.24) is 9.55 Å². The molecule has 0 unspecified atom stereocenters. The number of nitrogens with one attached hydrogen (secondary N) is 1. The smallest absolute Gasteiger partial charge is 0.293 e. The Bertz CT molecular complexity index is 2040. The lowest BCUT2D eigenvalue weighted by Gasteiger charge is -2.33. The van der Waals surface area contributed by atoms with Crippen LogP contribution in [-0.4, -0.2) is 40.3 Å². The zero-order valence-electron chi connectivity index (χ0n) is 29.5. The standard InChI is InChI=1S/C41H46N6O3/c1-27-33(12-9-13-36(27)47(32-10-7-6-8-11-32)39(49)29-14-16-30(17-15-29)41(2,3)4)35-25-45(5)40(50)38(44-35)43-31-18-19-37(34(42)24-31)46-22-20-28(26-48)21-23-46/h6-19,24-25,28,48H,20-23,26,42H2,1-5H3,(H,43,44). The summed E-state index contributed by atoms with van der Waals surface area (Å²) < 4.78 is 1.51. The Hall–Kier alpha value is -5.41. The largest absolute Gasteiger partial charge is 0.397 e. The highest BCUT2D eigenvalue weighted by molar-refractivity contribution is 6.11. The predicted octanol–water partition coefficient (Wildman–Crippen LogP) is 7.57. The van der Waals surface area contributed by atoms with Gasteiger partial charge in [0.05, 0.1) is 22.8 Å². The minimum absolute atomic E-state index is 0.0310. The molecule has 258 valence electrons. The van der Waals surface area contributed by atoms with Gasteiger partial charge >= 0.3 is 0 Å². The van der Waals surface area contributed by atoms with Gasteiger partial charge in [0.2, 0.25) is 0 Å². The van der Waals surface area contributed by atoms with Crippen LogP contribution in [0.15, 0.2) is 102 Å². The van der Waals surface area contributed by atoms with Crippen molar-refractivity contribution in [2.45, 2.75) is 46.0 Å². The first-order valence-electron chi connectivity index (χ1n) is 17.1. The van der Waals surface area contributed by atoms with E-state index in [9.17, 15) is 14.7 Å².